The van der Waals surface area contributed by atoms with Gasteiger partial charge in [-0.15, -0.1) is 0 Å². The number of nitrogens with one attached hydrogen (secondary N) is 1. The molecule has 1 atom stereocenters. The summed E-state index contributed by atoms with van der Waals surface area (Å²) in [6, 6.07) is 0. The Balaban J connectivity index is 1.86. The number of hydrogen-bond acceptors (Lipinski definition) is 2. The van der Waals surface area contributed by atoms with E-state index >= 15 is 0 Å². The first-order valence-electron chi connectivity index (χ1n) is 3.15. The molecule has 9 heavy (non-hydrogen) atoms. The van der Waals surface area contributed by atoms with Crippen molar-refractivity contribution in [3.63, 3.8) is 0 Å². The predicted molar refractivity (Wildman–Crippen MR) is 33.0 cm³/mol. The van der Waals surface area contributed by atoms with Gasteiger partial charge in [0.1, 0.15) is 0 Å². The molecular weight excluding hydrogens is 118 g/mol. The molecule has 1 aliphatic rings. The fraction of sp³-hybridized carbons (Fsp3) is 0.833. The van der Waals surface area contributed by atoms with E-state index in [4.69, 9.17) is 4.74 Å². The van der Waals surface area contributed by atoms with Gasteiger partial charge >= 0.3 is 0 Å². The van der Waals surface area contributed by atoms with Gasteiger partial charge in [-0.3, -0.25) is 4.79 Å². The molecule has 1 saturated heterocycles. The van der Waals surface area contributed by atoms with Crippen LogP contribution in [0.5, 0.6) is 0 Å². The van der Waals surface area contributed by atoms with Crippen LogP contribution >= 0.6 is 0 Å². The molecule has 1 rings (SSSR count). The Labute approximate surface area is 54.4 Å². The van der Waals surface area contributed by atoms with Crippen molar-refractivity contribution in [3.05, 3.63) is 0 Å². The zero-order valence-electron chi connectivity index (χ0n) is 5.52. The van der Waals surface area contributed by atoms with E-state index in [1.165, 1.54) is 6.92 Å². The lowest BCUT2D eigenvalue weighted by Crippen LogP contribution is -2.21. The van der Waals surface area contributed by atoms with Crippen LogP contribution in [0.25, 0.3) is 0 Å². The number of rotatable bonds is 3. The van der Waals surface area contributed by atoms with Gasteiger partial charge < -0.3 is 10.1 Å². The highest BCUT2D eigenvalue weighted by atomic mass is 16.6. The summed E-state index contributed by atoms with van der Waals surface area (Å²) in [5.74, 6) is 0.0376. The van der Waals surface area contributed by atoms with E-state index in [0.717, 1.165) is 19.6 Å². The minimum absolute atomic E-state index is 0.0376. The molecule has 0 aromatic rings. The monoisotopic (exact) mass is 129 g/mol. The van der Waals surface area contributed by atoms with Crippen molar-refractivity contribution in [2.24, 2.45) is 0 Å². The standard InChI is InChI=1S/C6H11NO2/c1-5(8)7-3-2-6-4-9-6/h6H,2-4H2,1H3,(H,7,8)/t6-/m0/s1. The van der Waals surface area contributed by atoms with Crippen molar-refractivity contribution in [2.45, 2.75) is 19.4 Å². The molecule has 0 radical (unpaired) electrons. The van der Waals surface area contributed by atoms with Crippen LogP contribution in [0, 0.1) is 0 Å². The second-order valence-corrected chi connectivity index (χ2v) is 2.23. The molecule has 1 heterocycles. The number of ether oxygens (including phenoxy) is 1. The highest BCUT2D eigenvalue weighted by Crippen LogP contribution is 2.11. The second-order valence-electron chi connectivity index (χ2n) is 2.23. The molecule has 1 fully saturated rings. The van der Waals surface area contributed by atoms with Crippen molar-refractivity contribution in [3.8, 4) is 0 Å². The molecule has 0 aromatic carbocycles. The molecule has 1 amide bonds. The lowest BCUT2D eigenvalue weighted by Gasteiger charge is -1.96. The summed E-state index contributed by atoms with van der Waals surface area (Å²) in [7, 11) is 0. The van der Waals surface area contributed by atoms with Crippen LogP contribution in [0.1, 0.15) is 13.3 Å². The van der Waals surface area contributed by atoms with E-state index in [1.807, 2.05) is 0 Å². The van der Waals surface area contributed by atoms with Crippen molar-refractivity contribution in [1.82, 2.24) is 5.32 Å². The summed E-state index contributed by atoms with van der Waals surface area (Å²) in [6.45, 7) is 3.15. The molecule has 0 unspecified atom stereocenters. The number of epoxide rings is 1. The van der Waals surface area contributed by atoms with Crippen LogP contribution in [0.2, 0.25) is 0 Å². The first kappa shape index (κ1) is 6.55. The number of carbonyl (C=O) groups is 1. The van der Waals surface area contributed by atoms with Crippen LogP contribution in [-0.2, 0) is 9.53 Å². The molecule has 0 aromatic heterocycles. The first-order valence-corrected chi connectivity index (χ1v) is 3.15. The molecule has 0 aliphatic carbocycles. The maximum absolute atomic E-state index is 10.3. The van der Waals surface area contributed by atoms with Crippen LogP contribution in [0.15, 0.2) is 0 Å². The van der Waals surface area contributed by atoms with Crippen molar-refractivity contribution >= 4 is 5.91 Å². The largest absolute Gasteiger partial charge is 0.373 e. The lowest BCUT2D eigenvalue weighted by atomic mass is 10.3. The van der Waals surface area contributed by atoms with Gasteiger partial charge in [0, 0.05) is 13.5 Å². The summed E-state index contributed by atoms with van der Waals surface area (Å²) in [5.41, 5.74) is 0. The Morgan fingerprint density at radius 2 is 2.56 bits per heavy atom. The number of carbonyl (C=O) groups excluding carboxylic acids is 1. The topological polar surface area (TPSA) is 41.6 Å². The summed E-state index contributed by atoms with van der Waals surface area (Å²) >= 11 is 0. The molecule has 0 bridgehead atoms. The molecule has 3 heteroatoms. The van der Waals surface area contributed by atoms with Gasteiger partial charge in [0.05, 0.1) is 12.7 Å². The summed E-state index contributed by atoms with van der Waals surface area (Å²) in [6.07, 6.45) is 1.39. The summed E-state index contributed by atoms with van der Waals surface area (Å²) in [5, 5.41) is 2.70. The van der Waals surface area contributed by atoms with Gasteiger partial charge in [-0.1, -0.05) is 0 Å². The Morgan fingerprint density at radius 1 is 1.89 bits per heavy atom. The average molecular weight is 129 g/mol. The Morgan fingerprint density at radius 3 is 3.00 bits per heavy atom. The summed E-state index contributed by atoms with van der Waals surface area (Å²) in [4.78, 5) is 10.3. The molecule has 0 saturated carbocycles. The van der Waals surface area contributed by atoms with Gasteiger partial charge in [0.25, 0.3) is 0 Å². The maximum Gasteiger partial charge on any atom is 0.216 e. The molecule has 0 spiro atoms. The van der Waals surface area contributed by atoms with E-state index in [9.17, 15) is 4.79 Å². The van der Waals surface area contributed by atoms with E-state index < -0.39 is 0 Å². The third-order valence-electron chi connectivity index (χ3n) is 1.24. The third-order valence-corrected chi connectivity index (χ3v) is 1.24. The maximum atomic E-state index is 10.3. The van der Waals surface area contributed by atoms with E-state index in [-0.39, 0.29) is 5.91 Å². The number of amides is 1. The highest BCUT2D eigenvalue weighted by Gasteiger charge is 2.21. The van der Waals surface area contributed by atoms with E-state index in [0.29, 0.717) is 6.10 Å². The van der Waals surface area contributed by atoms with Crippen LogP contribution < -0.4 is 5.32 Å². The number of hydrogen-bond donors (Lipinski definition) is 1. The predicted octanol–water partition coefficient (Wildman–Crippen LogP) is -0.0886. The quantitative estimate of drug-likeness (QED) is 0.541. The van der Waals surface area contributed by atoms with Gasteiger partial charge in [-0.2, -0.15) is 0 Å². The van der Waals surface area contributed by atoms with Gasteiger partial charge in [0.15, 0.2) is 0 Å². The van der Waals surface area contributed by atoms with Gasteiger partial charge in [0.2, 0.25) is 5.91 Å². The minimum atomic E-state index is 0.0376. The van der Waals surface area contributed by atoms with E-state index in [1.54, 1.807) is 0 Å². The van der Waals surface area contributed by atoms with Gasteiger partial charge in [-0.25, -0.2) is 0 Å². The zero-order valence-corrected chi connectivity index (χ0v) is 5.52. The first-order chi connectivity index (χ1) is 4.29. The normalized spacial score (nSPS) is 23.4. The fourth-order valence-corrected chi connectivity index (χ4v) is 0.644. The van der Waals surface area contributed by atoms with Crippen LogP contribution in [0.3, 0.4) is 0 Å². The molecular formula is C6H11NO2. The smallest absolute Gasteiger partial charge is 0.216 e. The SMILES string of the molecule is CC(=O)NCC[C@H]1CO1. The lowest BCUT2D eigenvalue weighted by molar-refractivity contribution is -0.118. The van der Waals surface area contributed by atoms with Crippen molar-refractivity contribution < 1.29 is 9.53 Å². The highest BCUT2D eigenvalue weighted by molar-refractivity contribution is 5.72. The van der Waals surface area contributed by atoms with Crippen molar-refractivity contribution in [2.75, 3.05) is 13.2 Å². The third kappa shape index (κ3) is 3.08. The van der Waals surface area contributed by atoms with Crippen LogP contribution in [0.4, 0.5) is 0 Å². The Hall–Kier alpha value is -0.570. The Bertz CT molecular complexity index is 110. The second kappa shape index (κ2) is 2.82. The van der Waals surface area contributed by atoms with Crippen molar-refractivity contribution in [1.29, 1.82) is 0 Å². The average Bonchev–Trinajstić information content (AvgIpc) is 2.48. The minimum Gasteiger partial charge on any atom is -0.373 e. The molecule has 1 aliphatic heterocycles. The molecule has 3 nitrogen and oxygen atoms in total. The van der Waals surface area contributed by atoms with E-state index in [2.05, 4.69) is 5.32 Å². The zero-order chi connectivity index (χ0) is 6.69. The Kier molecular flexibility index (Phi) is 2.05. The fourth-order valence-electron chi connectivity index (χ4n) is 0.644. The summed E-state index contributed by atoms with van der Waals surface area (Å²) < 4.78 is 4.94. The molecule has 52 valence electrons. The van der Waals surface area contributed by atoms with Gasteiger partial charge in [-0.05, 0) is 6.42 Å². The van der Waals surface area contributed by atoms with Crippen LogP contribution in [-0.4, -0.2) is 25.2 Å². The molecule has 1 N–H and O–H groups in total.